The first kappa shape index (κ1) is 13.0. The number of hydrogen-bond donors (Lipinski definition) is 2. The van der Waals surface area contributed by atoms with Crippen LogP contribution >= 0.6 is 0 Å². The molecule has 0 aromatic heterocycles. The van der Waals surface area contributed by atoms with Crippen molar-refractivity contribution in [1.82, 2.24) is 0 Å². The lowest BCUT2D eigenvalue weighted by molar-refractivity contribution is 0.0904. The highest BCUT2D eigenvalue weighted by Gasteiger charge is 2.09. The predicted octanol–water partition coefficient (Wildman–Crippen LogP) is 2.09. The second-order valence-electron chi connectivity index (χ2n) is 3.97. The van der Waals surface area contributed by atoms with Crippen LogP contribution < -0.4 is 0 Å². The summed E-state index contributed by atoms with van der Waals surface area (Å²) in [5, 5.41) is 21.2. The molecule has 0 aliphatic carbocycles. The second kappa shape index (κ2) is 5.93. The van der Waals surface area contributed by atoms with E-state index in [0.717, 1.165) is 5.56 Å². The van der Waals surface area contributed by atoms with E-state index in [1.54, 1.807) is 24.3 Å². The lowest BCUT2D eigenvalue weighted by Gasteiger charge is -2.05. The topological polar surface area (TPSA) is 69.9 Å². The van der Waals surface area contributed by atoms with Crippen molar-refractivity contribution < 1.29 is 15.1 Å². The summed E-state index contributed by atoms with van der Waals surface area (Å²) in [5.74, 6) is -0.339. The first-order valence-electron chi connectivity index (χ1n) is 5.78. The van der Waals surface area contributed by atoms with Gasteiger partial charge >= 0.3 is 0 Å². The van der Waals surface area contributed by atoms with Gasteiger partial charge in [0, 0.05) is 16.7 Å². The first-order valence-corrected chi connectivity index (χ1v) is 5.78. The van der Waals surface area contributed by atoms with E-state index in [1.807, 2.05) is 30.3 Å². The number of ketones is 1. The molecule has 0 heterocycles. The van der Waals surface area contributed by atoms with Crippen LogP contribution in [0.5, 0.6) is 0 Å². The minimum atomic E-state index is -0.515. The summed E-state index contributed by atoms with van der Waals surface area (Å²) in [5.41, 5.74) is 2.34. The number of benzene rings is 2. The van der Waals surface area contributed by atoms with Gasteiger partial charge in [-0.3, -0.25) is 4.79 Å². The van der Waals surface area contributed by atoms with Gasteiger partial charge < -0.3 is 10.3 Å². The molecule has 0 atom stereocenters. The highest BCUT2D eigenvalue weighted by Crippen LogP contribution is 2.12. The van der Waals surface area contributed by atoms with Crippen LogP contribution in [0.4, 0.5) is 0 Å². The molecule has 96 valence electrons. The van der Waals surface area contributed by atoms with Crippen molar-refractivity contribution in [1.29, 1.82) is 0 Å². The zero-order chi connectivity index (χ0) is 13.7. The van der Waals surface area contributed by atoms with Crippen LogP contribution in [0.2, 0.25) is 0 Å². The zero-order valence-corrected chi connectivity index (χ0v) is 10.2. The maximum Gasteiger partial charge on any atom is 0.188 e. The molecule has 2 N–H and O–H groups in total. The van der Waals surface area contributed by atoms with Gasteiger partial charge in [0.2, 0.25) is 0 Å². The molecule has 2 aromatic rings. The Labute approximate surface area is 110 Å². The quantitative estimate of drug-likeness (QED) is 0.380. The second-order valence-corrected chi connectivity index (χ2v) is 3.97. The Morgan fingerprint density at radius 1 is 0.895 bits per heavy atom. The number of aliphatic hydroxyl groups is 1. The average molecular weight is 255 g/mol. The Hall–Kier alpha value is -2.46. The molecule has 0 bridgehead atoms. The van der Waals surface area contributed by atoms with Crippen molar-refractivity contribution in [2.75, 3.05) is 6.61 Å². The molecule has 0 aliphatic rings. The number of nitrogens with zero attached hydrogens (tertiary/aromatic N) is 1. The van der Waals surface area contributed by atoms with Crippen LogP contribution in [0.1, 0.15) is 21.5 Å². The molecule has 2 rings (SSSR count). The normalized spacial score (nSPS) is 11.3. The van der Waals surface area contributed by atoms with E-state index in [2.05, 4.69) is 5.16 Å². The minimum Gasteiger partial charge on any atom is -0.410 e. The average Bonchev–Trinajstić information content (AvgIpc) is 2.49. The lowest BCUT2D eigenvalue weighted by atomic mass is 10.0. The van der Waals surface area contributed by atoms with E-state index in [-0.39, 0.29) is 5.78 Å². The third-order valence-corrected chi connectivity index (χ3v) is 2.77. The number of Topliss-reactive ketones (excluding diaryl/α,β-unsaturated/α-hetero) is 1. The summed E-state index contributed by atoms with van der Waals surface area (Å²) in [7, 11) is 0. The van der Waals surface area contributed by atoms with E-state index in [9.17, 15) is 4.79 Å². The Bertz CT molecular complexity index is 589. The molecule has 0 aliphatic heterocycles. The van der Waals surface area contributed by atoms with Crippen LogP contribution in [0, 0.1) is 0 Å². The molecule has 19 heavy (non-hydrogen) atoms. The largest absolute Gasteiger partial charge is 0.410 e. The van der Waals surface area contributed by atoms with Gasteiger partial charge in [0.15, 0.2) is 5.78 Å². The summed E-state index contributed by atoms with van der Waals surface area (Å²) < 4.78 is 0. The number of hydrogen-bond acceptors (Lipinski definition) is 4. The third kappa shape index (κ3) is 2.86. The van der Waals surface area contributed by atoms with Gasteiger partial charge in [0.05, 0.1) is 0 Å². The van der Waals surface area contributed by atoms with Crippen LogP contribution in [-0.2, 0) is 0 Å². The summed E-state index contributed by atoms with van der Waals surface area (Å²) in [4.78, 5) is 11.3. The molecule has 0 saturated heterocycles. The summed E-state index contributed by atoms with van der Waals surface area (Å²) in [6.45, 7) is -0.515. The molecule has 0 amide bonds. The van der Waals surface area contributed by atoms with Crippen LogP contribution in [0.25, 0.3) is 0 Å². The highest BCUT2D eigenvalue weighted by atomic mass is 16.4. The summed E-state index contributed by atoms with van der Waals surface area (Å²) in [6.07, 6.45) is 0. The van der Waals surface area contributed by atoms with E-state index in [1.165, 1.54) is 0 Å². The molecule has 0 saturated carbocycles. The molecule has 0 fully saturated rings. The van der Waals surface area contributed by atoms with Crippen molar-refractivity contribution in [3.63, 3.8) is 0 Å². The zero-order valence-electron chi connectivity index (χ0n) is 10.2. The number of oxime groups is 1. The first-order chi connectivity index (χ1) is 9.26. The van der Waals surface area contributed by atoms with Crippen LogP contribution in [-0.4, -0.2) is 28.4 Å². The standard InChI is InChI=1S/C15H13NO3/c17-10-14(18)11-6-8-13(9-7-11)15(16-19)12-4-2-1-3-5-12/h1-9,17,19H,10H2. The van der Waals surface area contributed by atoms with E-state index < -0.39 is 6.61 Å². The lowest BCUT2D eigenvalue weighted by Crippen LogP contribution is -2.06. The Balaban J connectivity index is 2.33. The van der Waals surface area contributed by atoms with Gasteiger partial charge in [0.25, 0.3) is 0 Å². The fourth-order valence-corrected chi connectivity index (χ4v) is 1.78. The molecule has 0 radical (unpaired) electrons. The SMILES string of the molecule is O=C(CO)c1ccc(C(=NO)c2ccccc2)cc1. The minimum absolute atomic E-state index is 0.339. The molecule has 0 unspecified atom stereocenters. The van der Waals surface area contributed by atoms with E-state index >= 15 is 0 Å². The summed E-state index contributed by atoms with van der Waals surface area (Å²) >= 11 is 0. The van der Waals surface area contributed by atoms with Crippen LogP contribution in [0.3, 0.4) is 0 Å². The molecular formula is C15H13NO3. The van der Waals surface area contributed by atoms with Crippen LogP contribution in [0.15, 0.2) is 59.8 Å². The Morgan fingerprint density at radius 2 is 1.42 bits per heavy atom. The van der Waals surface area contributed by atoms with Gasteiger partial charge in [-0.1, -0.05) is 59.8 Å². The van der Waals surface area contributed by atoms with Gasteiger partial charge in [-0.15, -0.1) is 0 Å². The molecule has 4 nitrogen and oxygen atoms in total. The molecule has 2 aromatic carbocycles. The summed E-state index contributed by atoms with van der Waals surface area (Å²) in [6, 6.07) is 15.8. The predicted molar refractivity (Wildman–Crippen MR) is 71.7 cm³/mol. The van der Waals surface area contributed by atoms with E-state index in [4.69, 9.17) is 10.3 Å². The Morgan fingerprint density at radius 3 is 1.95 bits per heavy atom. The number of rotatable bonds is 4. The molecule has 0 spiro atoms. The van der Waals surface area contributed by atoms with Crippen molar-refractivity contribution >= 4 is 11.5 Å². The highest BCUT2D eigenvalue weighted by molar-refractivity contribution is 6.12. The number of carbonyl (C=O) groups is 1. The molecule has 4 heteroatoms. The maximum absolute atomic E-state index is 11.3. The van der Waals surface area contributed by atoms with Crippen molar-refractivity contribution in [3.05, 3.63) is 71.3 Å². The van der Waals surface area contributed by atoms with Gasteiger partial charge in [-0.2, -0.15) is 0 Å². The fraction of sp³-hybridized carbons (Fsp3) is 0.0667. The van der Waals surface area contributed by atoms with E-state index in [0.29, 0.717) is 16.8 Å². The van der Waals surface area contributed by atoms with Crippen molar-refractivity contribution in [2.24, 2.45) is 5.16 Å². The Kier molecular flexibility index (Phi) is 4.05. The van der Waals surface area contributed by atoms with Crippen molar-refractivity contribution in [2.45, 2.75) is 0 Å². The fourth-order valence-electron chi connectivity index (χ4n) is 1.78. The van der Waals surface area contributed by atoms with Gasteiger partial charge in [-0.05, 0) is 0 Å². The number of aliphatic hydroxyl groups excluding tert-OH is 1. The van der Waals surface area contributed by atoms with Crippen molar-refractivity contribution in [3.8, 4) is 0 Å². The van der Waals surface area contributed by atoms with Gasteiger partial charge in [0.1, 0.15) is 12.3 Å². The maximum atomic E-state index is 11.3. The van der Waals surface area contributed by atoms with Gasteiger partial charge in [-0.25, -0.2) is 0 Å². The smallest absolute Gasteiger partial charge is 0.188 e. The molecular weight excluding hydrogens is 242 g/mol. The number of carbonyl (C=O) groups excluding carboxylic acids is 1. The monoisotopic (exact) mass is 255 g/mol. The third-order valence-electron chi connectivity index (χ3n) is 2.77.